The summed E-state index contributed by atoms with van der Waals surface area (Å²) in [5.74, 6) is 1.09. The minimum absolute atomic E-state index is 0.0794. The summed E-state index contributed by atoms with van der Waals surface area (Å²) in [4.78, 5) is 11.8. The van der Waals surface area contributed by atoms with Crippen LogP contribution < -0.4 is 9.47 Å². The van der Waals surface area contributed by atoms with Crippen molar-refractivity contribution in [2.24, 2.45) is 0 Å². The van der Waals surface area contributed by atoms with Gasteiger partial charge in [-0.3, -0.25) is 4.79 Å². The largest absolute Gasteiger partial charge is 0.486 e. The van der Waals surface area contributed by atoms with Crippen molar-refractivity contribution in [3.63, 3.8) is 0 Å². The smallest absolute Gasteiger partial charge is 0.192 e. The number of para-hydroxylation sites is 1. The molecule has 86 valence electrons. The fourth-order valence-corrected chi connectivity index (χ4v) is 1.57. The Morgan fingerprint density at radius 2 is 2.19 bits per heavy atom. The summed E-state index contributed by atoms with van der Waals surface area (Å²) in [6.45, 7) is 3.46. The minimum Gasteiger partial charge on any atom is -0.486 e. The van der Waals surface area contributed by atoms with E-state index in [4.69, 9.17) is 14.2 Å². The number of hydrogen-bond acceptors (Lipinski definition) is 4. The van der Waals surface area contributed by atoms with Gasteiger partial charge in [0.15, 0.2) is 17.3 Å². The van der Waals surface area contributed by atoms with Gasteiger partial charge < -0.3 is 14.2 Å². The van der Waals surface area contributed by atoms with E-state index in [9.17, 15) is 4.79 Å². The van der Waals surface area contributed by atoms with E-state index in [1.165, 1.54) is 0 Å². The van der Waals surface area contributed by atoms with Crippen molar-refractivity contribution in [2.45, 2.75) is 6.92 Å². The number of carbonyl (C=O) groups excluding carboxylic acids is 1. The lowest BCUT2D eigenvalue weighted by molar-refractivity contribution is 0.0774. The molecule has 2 rings (SSSR count). The lowest BCUT2D eigenvalue weighted by Gasteiger charge is -2.20. The van der Waals surface area contributed by atoms with Gasteiger partial charge in [-0.25, -0.2) is 0 Å². The van der Waals surface area contributed by atoms with Crippen molar-refractivity contribution in [3.05, 3.63) is 23.8 Å². The zero-order chi connectivity index (χ0) is 11.4. The molecular weight excluding hydrogens is 208 g/mol. The maximum atomic E-state index is 11.8. The van der Waals surface area contributed by atoms with Crippen LogP contribution in [-0.4, -0.2) is 32.2 Å². The number of hydrogen-bond donors (Lipinski definition) is 0. The van der Waals surface area contributed by atoms with Crippen LogP contribution in [0.15, 0.2) is 18.2 Å². The van der Waals surface area contributed by atoms with Crippen LogP contribution in [0, 0.1) is 0 Å². The van der Waals surface area contributed by atoms with E-state index in [-0.39, 0.29) is 12.4 Å². The van der Waals surface area contributed by atoms with Gasteiger partial charge in [-0.1, -0.05) is 6.07 Å². The maximum Gasteiger partial charge on any atom is 0.192 e. The second kappa shape index (κ2) is 4.99. The molecule has 0 saturated heterocycles. The number of ether oxygens (including phenoxy) is 3. The molecule has 0 aromatic heterocycles. The Hall–Kier alpha value is -1.55. The summed E-state index contributed by atoms with van der Waals surface area (Å²) in [5, 5.41) is 0. The van der Waals surface area contributed by atoms with Crippen LogP contribution in [0.3, 0.4) is 0 Å². The Labute approximate surface area is 94.1 Å². The molecule has 0 amide bonds. The third-order valence-electron chi connectivity index (χ3n) is 2.30. The molecule has 0 aliphatic carbocycles. The second-order valence-electron chi connectivity index (χ2n) is 3.39. The highest BCUT2D eigenvalue weighted by molar-refractivity contribution is 6.00. The number of benzene rings is 1. The van der Waals surface area contributed by atoms with Gasteiger partial charge in [-0.2, -0.15) is 0 Å². The average Bonchev–Trinajstić information content (AvgIpc) is 2.35. The van der Waals surface area contributed by atoms with E-state index >= 15 is 0 Å². The number of fused-ring (bicyclic) bond motifs is 1. The lowest BCUT2D eigenvalue weighted by atomic mass is 10.1. The molecule has 4 heteroatoms. The van der Waals surface area contributed by atoms with Gasteiger partial charge in [0, 0.05) is 6.61 Å². The van der Waals surface area contributed by atoms with Crippen LogP contribution in [0.2, 0.25) is 0 Å². The standard InChI is InChI=1S/C12H14O4/c1-2-14-8-10(13)9-4-3-5-11-12(9)16-7-6-15-11/h3-5H,2,6-8H2,1H3. The zero-order valence-electron chi connectivity index (χ0n) is 9.19. The first-order chi connectivity index (χ1) is 7.83. The van der Waals surface area contributed by atoms with Crippen LogP contribution in [0.1, 0.15) is 17.3 Å². The quantitative estimate of drug-likeness (QED) is 0.727. The van der Waals surface area contributed by atoms with E-state index in [0.29, 0.717) is 36.9 Å². The van der Waals surface area contributed by atoms with E-state index in [1.54, 1.807) is 18.2 Å². The summed E-state index contributed by atoms with van der Waals surface area (Å²) in [7, 11) is 0. The third kappa shape index (κ3) is 2.17. The molecule has 4 nitrogen and oxygen atoms in total. The highest BCUT2D eigenvalue weighted by Gasteiger charge is 2.19. The predicted molar refractivity (Wildman–Crippen MR) is 58.3 cm³/mol. The lowest BCUT2D eigenvalue weighted by Crippen LogP contribution is -2.19. The summed E-state index contributed by atoms with van der Waals surface area (Å²) >= 11 is 0. The Kier molecular flexibility index (Phi) is 3.41. The predicted octanol–water partition coefficient (Wildman–Crippen LogP) is 1.68. The number of rotatable bonds is 4. The summed E-state index contributed by atoms with van der Waals surface area (Å²) in [6.07, 6.45) is 0. The van der Waals surface area contributed by atoms with Crippen molar-refractivity contribution < 1.29 is 19.0 Å². The monoisotopic (exact) mass is 222 g/mol. The molecule has 0 atom stereocenters. The Bertz CT molecular complexity index is 387. The van der Waals surface area contributed by atoms with Crippen LogP contribution in [0.4, 0.5) is 0 Å². The molecule has 0 fully saturated rings. The molecule has 0 N–H and O–H groups in total. The molecule has 1 heterocycles. The van der Waals surface area contributed by atoms with Crippen molar-refractivity contribution >= 4 is 5.78 Å². The minimum atomic E-state index is -0.0794. The van der Waals surface area contributed by atoms with Crippen LogP contribution in [0.25, 0.3) is 0 Å². The van der Waals surface area contributed by atoms with Gasteiger partial charge >= 0.3 is 0 Å². The van der Waals surface area contributed by atoms with Crippen molar-refractivity contribution in [2.75, 3.05) is 26.4 Å². The normalized spacial score (nSPS) is 13.6. The molecule has 0 bridgehead atoms. The highest BCUT2D eigenvalue weighted by Crippen LogP contribution is 2.33. The van der Waals surface area contributed by atoms with Gasteiger partial charge in [0.05, 0.1) is 5.56 Å². The second-order valence-corrected chi connectivity index (χ2v) is 3.39. The van der Waals surface area contributed by atoms with Crippen molar-refractivity contribution in [1.82, 2.24) is 0 Å². The van der Waals surface area contributed by atoms with Crippen LogP contribution in [0.5, 0.6) is 11.5 Å². The van der Waals surface area contributed by atoms with E-state index in [2.05, 4.69) is 0 Å². The van der Waals surface area contributed by atoms with Gasteiger partial charge in [0.1, 0.15) is 19.8 Å². The van der Waals surface area contributed by atoms with E-state index in [0.717, 1.165) is 0 Å². The van der Waals surface area contributed by atoms with Crippen molar-refractivity contribution in [1.29, 1.82) is 0 Å². The highest BCUT2D eigenvalue weighted by atomic mass is 16.6. The number of Topliss-reactive ketones (excluding diaryl/α,β-unsaturated/α-hetero) is 1. The Morgan fingerprint density at radius 3 is 3.00 bits per heavy atom. The SMILES string of the molecule is CCOCC(=O)c1cccc2c1OCCO2. The first-order valence-electron chi connectivity index (χ1n) is 5.32. The molecule has 0 saturated carbocycles. The summed E-state index contributed by atoms with van der Waals surface area (Å²) < 4.78 is 15.9. The van der Waals surface area contributed by atoms with Gasteiger partial charge in [-0.15, -0.1) is 0 Å². The molecule has 0 spiro atoms. The average molecular weight is 222 g/mol. The molecule has 1 aromatic carbocycles. The maximum absolute atomic E-state index is 11.8. The first-order valence-corrected chi connectivity index (χ1v) is 5.32. The first kappa shape index (κ1) is 11.0. The summed E-state index contributed by atoms with van der Waals surface area (Å²) in [5.41, 5.74) is 0.533. The fraction of sp³-hybridized carbons (Fsp3) is 0.417. The molecule has 1 aliphatic heterocycles. The molecule has 16 heavy (non-hydrogen) atoms. The van der Waals surface area contributed by atoms with Gasteiger partial charge in [0.2, 0.25) is 0 Å². The number of ketones is 1. The summed E-state index contributed by atoms with van der Waals surface area (Å²) in [6, 6.07) is 5.31. The van der Waals surface area contributed by atoms with Gasteiger partial charge in [-0.05, 0) is 19.1 Å². The number of carbonyl (C=O) groups is 1. The molecular formula is C12H14O4. The zero-order valence-corrected chi connectivity index (χ0v) is 9.19. The van der Waals surface area contributed by atoms with Gasteiger partial charge in [0.25, 0.3) is 0 Å². The van der Waals surface area contributed by atoms with Crippen molar-refractivity contribution in [3.8, 4) is 11.5 Å². The van der Waals surface area contributed by atoms with E-state index in [1.807, 2.05) is 6.92 Å². The molecule has 0 unspecified atom stereocenters. The Morgan fingerprint density at radius 1 is 1.38 bits per heavy atom. The molecule has 1 aliphatic rings. The molecule has 0 radical (unpaired) electrons. The third-order valence-corrected chi connectivity index (χ3v) is 2.30. The fourth-order valence-electron chi connectivity index (χ4n) is 1.57. The molecule has 1 aromatic rings. The van der Waals surface area contributed by atoms with Crippen LogP contribution in [-0.2, 0) is 4.74 Å². The van der Waals surface area contributed by atoms with E-state index < -0.39 is 0 Å². The van der Waals surface area contributed by atoms with Crippen LogP contribution >= 0.6 is 0 Å². The topological polar surface area (TPSA) is 44.8 Å². The Balaban J connectivity index is 2.23.